The Labute approximate surface area is 108 Å². The summed E-state index contributed by atoms with van der Waals surface area (Å²) in [5.74, 6) is 0.119. The number of sulfonamides is 1. The molecule has 7 nitrogen and oxygen atoms in total. The standard InChI is InChI=1S/C10H23N3O4S/c1-9(2)17-7-8-18(15,16)12-6-4-3-5-10(11)13-14/h9,12,14H,3-8H2,1-2H3,(H2,11,13). The first kappa shape index (κ1) is 17.1. The normalized spacial score (nSPS) is 13.2. The van der Waals surface area contributed by atoms with Gasteiger partial charge in [0.05, 0.1) is 18.5 Å². The van der Waals surface area contributed by atoms with E-state index in [1.807, 2.05) is 13.8 Å². The Morgan fingerprint density at radius 3 is 2.67 bits per heavy atom. The molecule has 0 aromatic heterocycles. The van der Waals surface area contributed by atoms with Crippen molar-refractivity contribution in [2.45, 2.75) is 39.2 Å². The molecule has 0 aromatic rings. The summed E-state index contributed by atoms with van der Waals surface area (Å²) in [6, 6.07) is 0. The molecule has 0 amide bonds. The minimum atomic E-state index is -3.27. The molecule has 0 saturated heterocycles. The number of ether oxygens (including phenoxy) is 1. The summed E-state index contributed by atoms with van der Waals surface area (Å²) in [6.45, 7) is 4.25. The Morgan fingerprint density at radius 2 is 2.11 bits per heavy atom. The molecule has 0 fully saturated rings. The van der Waals surface area contributed by atoms with E-state index in [0.29, 0.717) is 25.8 Å². The lowest BCUT2D eigenvalue weighted by Crippen LogP contribution is -2.30. The van der Waals surface area contributed by atoms with Crippen LogP contribution in [0.1, 0.15) is 33.1 Å². The Hall–Kier alpha value is -0.860. The van der Waals surface area contributed by atoms with Crippen molar-refractivity contribution in [1.29, 1.82) is 0 Å². The molecule has 0 aliphatic heterocycles. The van der Waals surface area contributed by atoms with Gasteiger partial charge in [-0.3, -0.25) is 0 Å². The molecule has 0 aliphatic carbocycles. The first-order valence-corrected chi connectivity index (χ1v) is 7.58. The van der Waals surface area contributed by atoms with Gasteiger partial charge in [0.25, 0.3) is 0 Å². The van der Waals surface area contributed by atoms with Crippen molar-refractivity contribution in [3.63, 3.8) is 0 Å². The minimum Gasteiger partial charge on any atom is -0.409 e. The summed E-state index contributed by atoms with van der Waals surface area (Å²) >= 11 is 0. The van der Waals surface area contributed by atoms with E-state index >= 15 is 0 Å². The van der Waals surface area contributed by atoms with Crippen LogP contribution in [0.2, 0.25) is 0 Å². The minimum absolute atomic E-state index is 0.0287. The SMILES string of the molecule is CC(C)OCCS(=O)(=O)NCCCCC(N)=NO. The monoisotopic (exact) mass is 281 g/mol. The molecule has 0 atom stereocenters. The lowest BCUT2D eigenvalue weighted by atomic mass is 10.2. The van der Waals surface area contributed by atoms with Crippen molar-refractivity contribution in [2.75, 3.05) is 18.9 Å². The fourth-order valence-electron chi connectivity index (χ4n) is 1.17. The van der Waals surface area contributed by atoms with Gasteiger partial charge >= 0.3 is 0 Å². The van der Waals surface area contributed by atoms with E-state index in [-0.39, 0.29) is 24.3 Å². The van der Waals surface area contributed by atoms with Crippen LogP contribution >= 0.6 is 0 Å². The van der Waals surface area contributed by atoms with Crippen LogP contribution in [-0.4, -0.2) is 44.5 Å². The van der Waals surface area contributed by atoms with Crippen molar-refractivity contribution in [2.24, 2.45) is 10.9 Å². The third-order valence-electron chi connectivity index (χ3n) is 2.11. The molecule has 0 bridgehead atoms. The first-order valence-electron chi connectivity index (χ1n) is 5.92. The van der Waals surface area contributed by atoms with Gasteiger partial charge in [0.15, 0.2) is 0 Å². The van der Waals surface area contributed by atoms with Crippen LogP contribution in [0.4, 0.5) is 0 Å². The molecule has 18 heavy (non-hydrogen) atoms. The van der Waals surface area contributed by atoms with E-state index in [0.717, 1.165) is 0 Å². The average molecular weight is 281 g/mol. The van der Waals surface area contributed by atoms with E-state index in [2.05, 4.69) is 9.88 Å². The number of hydrogen-bond donors (Lipinski definition) is 3. The molecule has 0 unspecified atom stereocenters. The molecule has 0 radical (unpaired) electrons. The molecule has 0 aliphatic rings. The van der Waals surface area contributed by atoms with Gasteiger partial charge in [-0.25, -0.2) is 13.1 Å². The highest BCUT2D eigenvalue weighted by molar-refractivity contribution is 7.89. The van der Waals surface area contributed by atoms with Gasteiger partial charge in [-0.1, -0.05) is 5.16 Å². The maximum Gasteiger partial charge on any atom is 0.213 e. The van der Waals surface area contributed by atoms with E-state index in [1.54, 1.807) is 0 Å². The highest BCUT2D eigenvalue weighted by Gasteiger charge is 2.09. The Kier molecular flexibility index (Phi) is 8.69. The summed E-state index contributed by atoms with van der Waals surface area (Å²) in [7, 11) is -3.27. The quantitative estimate of drug-likeness (QED) is 0.174. The zero-order valence-corrected chi connectivity index (χ0v) is 11.7. The van der Waals surface area contributed by atoms with Crippen molar-refractivity contribution < 1.29 is 18.4 Å². The predicted octanol–water partition coefficient (Wildman–Crippen LogP) is 0.248. The maximum atomic E-state index is 11.5. The maximum absolute atomic E-state index is 11.5. The largest absolute Gasteiger partial charge is 0.409 e. The summed E-state index contributed by atoms with van der Waals surface area (Å²) in [6.07, 6.45) is 1.79. The molecule has 8 heteroatoms. The first-order chi connectivity index (χ1) is 8.37. The van der Waals surface area contributed by atoms with Gasteiger partial charge in [-0.05, 0) is 26.7 Å². The van der Waals surface area contributed by atoms with Gasteiger partial charge in [0, 0.05) is 13.0 Å². The predicted molar refractivity (Wildman–Crippen MR) is 70.1 cm³/mol. The Balaban J connectivity index is 3.65. The summed E-state index contributed by atoms with van der Waals surface area (Å²) in [4.78, 5) is 0. The van der Waals surface area contributed by atoms with Crippen LogP contribution in [0, 0.1) is 0 Å². The molecule has 108 valence electrons. The van der Waals surface area contributed by atoms with Gasteiger partial charge in [-0.2, -0.15) is 0 Å². The number of nitrogens with one attached hydrogen (secondary N) is 1. The van der Waals surface area contributed by atoms with Crippen LogP contribution in [-0.2, 0) is 14.8 Å². The second-order valence-electron chi connectivity index (χ2n) is 4.18. The topological polar surface area (TPSA) is 114 Å². The van der Waals surface area contributed by atoms with Gasteiger partial charge in [0.1, 0.15) is 5.84 Å². The molecule has 0 heterocycles. The molecular formula is C10H23N3O4S. The lowest BCUT2D eigenvalue weighted by Gasteiger charge is -2.09. The molecule has 0 rings (SSSR count). The molecule has 0 spiro atoms. The molecule has 0 saturated carbocycles. The smallest absolute Gasteiger partial charge is 0.213 e. The summed E-state index contributed by atoms with van der Waals surface area (Å²) in [5, 5.41) is 11.1. The fraction of sp³-hybridized carbons (Fsp3) is 0.900. The van der Waals surface area contributed by atoms with Crippen molar-refractivity contribution in [3.8, 4) is 0 Å². The van der Waals surface area contributed by atoms with Gasteiger partial charge in [0.2, 0.25) is 10.0 Å². The number of amidine groups is 1. The Morgan fingerprint density at radius 1 is 1.44 bits per heavy atom. The third-order valence-corrected chi connectivity index (χ3v) is 3.46. The summed E-state index contributed by atoms with van der Waals surface area (Å²) in [5.41, 5.74) is 5.28. The Bertz CT molecular complexity index is 341. The van der Waals surface area contributed by atoms with Gasteiger partial charge in [-0.15, -0.1) is 0 Å². The van der Waals surface area contributed by atoms with Crippen LogP contribution < -0.4 is 10.5 Å². The second kappa shape index (κ2) is 9.12. The van der Waals surface area contributed by atoms with E-state index in [1.165, 1.54) is 0 Å². The number of nitrogens with two attached hydrogens (primary N) is 1. The average Bonchev–Trinajstić information content (AvgIpc) is 2.27. The fourth-order valence-corrected chi connectivity index (χ4v) is 2.09. The van der Waals surface area contributed by atoms with Crippen LogP contribution in [0.5, 0.6) is 0 Å². The van der Waals surface area contributed by atoms with Gasteiger partial charge < -0.3 is 15.7 Å². The molecule has 4 N–H and O–H groups in total. The van der Waals surface area contributed by atoms with E-state index < -0.39 is 10.0 Å². The lowest BCUT2D eigenvalue weighted by molar-refractivity contribution is 0.0911. The van der Waals surface area contributed by atoms with Crippen molar-refractivity contribution in [1.82, 2.24) is 4.72 Å². The molecule has 0 aromatic carbocycles. The highest BCUT2D eigenvalue weighted by atomic mass is 32.2. The number of rotatable bonds is 10. The third kappa shape index (κ3) is 10.3. The number of unbranched alkanes of at least 4 members (excludes halogenated alkanes) is 1. The van der Waals surface area contributed by atoms with Crippen LogP contribution in [0.15, 0.2) is 5.16 Å². The van der Waals surface area contributed by atoms with Crippen LogP contribution in [0.25, 0.3) is 0 Å². The summed E-state index contributed by atoms with van der Waals surface area (Å²) < 4.78 is 30.6. The number of oxime groups is 1. The zero-order chi connectivity index (χ0) is 14.0. The van der Waals surface area contributed by atoms with Crippen molar-refractivity contribution in [3.05, 3.63) is 0 Å². The number of nitrogens with zero attached hydrogens (tertiary/aromatic N) is 1. The molecular weight excluding hydrogens is 258 g/mol. The zero-order valence-electron chi connectivity index (χ0n) is 10.9. The van der Waals surface area contributed by atoms with Crippen LogP contribution in [0.3, 0.4) is 0 Å². The number of hydrogen-bond acceptors (Lipinski definition) is 5. The van der Waals surface area contributed by atoms with Crippen molar-refractivity contribution >= 4 is 15.9 Å². The van der Waals surface area contributed by atoms with E-state index in [4.69, 9.17) is 15.7 Å². The van der Waals surface area contributed by atoms with E-state index in [9.17, 15) is 8.42 Å². The highest BCUT2D eigenvalue weighted by Crippen LogP contribution is 1.96. The second-order valence-corrected chi connectivity index (χ2v) is 6.11.